The highest BCUT2D eigenvalue weighted by atomic mass is 19.3. The van der Waals surface area contributed by atoms with Crippen LogP contribution in [0.4, 0.5) is 26.4 Å². The lowest BCUT2D eigenvalue weighted by molar-refractivity contribution is 0.111. The molecule has 3 heterocycles. The molecule has 0 spiro atoms. The third-order valence-corrected chi connectivity index (χ3v) is 5.00. The van der Waals surface area contributed by atoms with E-state index < -0.39 is 11.8 Å². The number of anilines is 3. The molecule has 0 amide bonds. The van der Waals surface area contributed by atoms with E-state index in [1.54, 1.807) is 24.7 Å². The van der Waals surface area contributed by atoms with Crippen molar-refractivity contribution in [2.45, 2.75) is 31.2 Å². The number of hydrogen-bond acceptors (Lipinski definition) is 6. The van der Waals surface area contributed by atoms with E-state index in [4.69, 9.17) is 0 Å². The van der Waals surface area contributed by atoms with Gasteiger partial charge in [0, 0.05) is 24.4 Å². The average molecular weight is 396 g/mol. The van der Waals surface area contributed by atoms with Crippen molar-refractivity contribution in [2.75, 3.05) is 10.6 Å². The van der Waals surface area contributed by atoms with Crippen molar-refractivity contribution in [2.24, 2.45) is 0 Å². The van der Waals surface area contributed by atoms with E-state index in [0.29, 0.717) is 23.3 Å². The predicted octanol–water partition coefficient (Wildman–Crippen LogP) is 4.12. The minimum atomic E-state index is -2.63. The first-order valence-corrected chi connectivity index (χ1v) is 9.21. The normalized spacial score (nSPS) is 18.5. The maximum Gasteiger partial charge on any atom is 0.257 e. The maximum atomic E-state index is 13.2. The highest BCUT2D eigenvalue weighted by Gasteiger charge is 2.58. The number of fused-ring (bicyclic) bond motifs is 1. The Labute approximate surface area is 164 Å². The summed E-state index contributed by atoms with van der Waals surface area (Å²) >= 11 is 0. The first kappa shape index (κ1) is 17.5. The molecule has 3 aromatic heterocycles. The second kappa shape index (κ2) is 6.50. The fourth-order valence-electron chi connectivity index (χ4n) is 3.25. The average Bonchev–Trinajstić information content (AvgIpc) is 3.08. The lowest BCUT2D eigenvalue weighted by Crippen LogP contribution is -2.10. The van der Waals surface area contributed by atoms with Crippen LogP contribution in [0, 0.1) is 0 Å². The Morgan fingerprint density at radius 1 is 1.17 bits per heavy atom. The predicted molar refractivity (Wildman–Crippen MR) is 104 cm³/mol. The Kier molecular flexibility index (Phi) is 3.93. The first-order valence-electron chi connectivity index (χ1n) is 9.21. The summed E-state index contributed by atoms with van der Waals surface area (Å²) in [6, 6.07) is 9.23. The molecule has 29 heavy (non-hydrogen) atoms. The van der Waals surface area contributed by atoms with Gasteiger partial charge >= 0.3 is 0 Å². The van der Waals surface area contributed by atoms with Crippen LogP contribution >= 0.6 is 0 Å². The lowest BCUT2D eigenvalue weighted by Gasteiger charge is -2.14. The standard InChI is InChI=1S/C19H18F2N8/c1-10(11-2-3-13-15(6-11)24-9-23-13)25-18-22-5-4-16(27-18)26-17-7-14(28-29-17)12-8-19(12,20)21/h2-7,9-10,12H,8H2,1H3,(H,23,24)(H3,22,25,26,27,28,29)/t10-,12+/m0/s1. The molecule has 1 aliphatic carbocycles. The summed E-state index contributed by atoms with van der Waals surface area (Å²) in [5, 5.41) is 13.0. The molecule has 4 aromatic rings. The van der Waals surface area contributed by atoms with Crippen molar-refractivity contribution in [3.8, 4) is 0 Å². The number of H-pyrrole nitrogens is 2. The number of alkyl halides is 2. The van der Waals surface area contributed by atoms with E-state index in [-0.39, 0.29) is 12.5 Å². The van der Waals surface area contributed by atoms with Gasteiger partial charge < -0.3 is 15.6 Å². The molecule has 0 saturated heterocycles. The van der Waals surface area contributed by atoms with Crippen molar-refractivity contribution in [3.63, 3.8) is 0 Å². The molecule has 148 valence electrons. The third kappa shape index (κ3) is 3.48. The number of nitrogens with one attached hydrogen (secondary N) is 4. The van der Waals surface area contributed by atoms with Gasteiger partial charge in [0.25, 0.3) is 5.92 Å². The van der Waals surface area contributed by atoms with Gasteiger partial charge in [0.2, 0.25) is 5.95 Å². The summed E-state index contributed by atoms with van der Waals surface area (Å²) in [5.74, 6) is -2.03. The van der Waals surface area contributed by atoms with Gasteiger partial charge in [-0.25, -0.2) is 18.7 Å². The van der Waals surface area contributed by atoms with E-state index >= 15 is 0 Å². The quantitative estimate of drug-likeness (QED) is 0.391. The van der Waals surface area contributed by atoms with Gasteiger partial charge in [-0.2, -0.15) is 10.1 Å². The second-order valence-corrected chi connectivity index (χ2v) is 7.16. The van der Waals surface area contributed by atoms with E-state index in [9.17, 15) is 8.78 Å². The van der Waals surface area contributed by atoms with Gasteiger partial charge in [-0.05, 0) is 30.7 Å². The van der Waals surface area contributed by atoms with E-state index in [0.717, 1.165) is 16.6 Å². The number of aromatic amines is 2. The van der Waals surface area contributed by atoms with E-state index in [2.05, 4.69) is 40.8 Å². The topological polar surface area (TPSA) is 107 Å². The number of rotatable bonds is 6. The molecule has 1 fully saturated rings. The molecule has 4 N–H and O–H groups in total. The third-order valence-electron chi connectivity index (χ3n) is 5.00. The number of aromatic nitrogens is 6. The number of benzene rings is 1. The minimum absolute atomic E-state index is 0.0413. The van der Waals surface area contributed by atoms with Gasteiger partial charge in [0.05, 0.1) is 29.3 Å². The van der Waals surface area contributed by atoms with Crippen molar-refractivity contribution in [1.29, 1.82) is 0 Å². The lowest BCUT2D eigenvalue weighted by atomic mass is 10.1. The van der Waals surface area contributed by atoms with Crippen LogP contribution in [0.15, 0.2) is 42.9 Å². The van der Waals surface area contributed by atoms with Gasteiger partial charge in [-0.15, -0.1) is 0 Å². The molecule has 8 nitrogen and oxygen atoms in total. The van der Waals surface area contributed by atoms with Crippen LogP contribution in [-0.4, -0.2) is 36.1 Å². The SMILES string of the molecule is C[C@H](Nc1nccc(Nc2cc([C@H]3CC3(F)F)[nH]n2)n1)c1ccc2[nH]cnc2c1. The summed E-state index contributed by atoms with van der Waals surface area (Å²) < 4.78 is 26.4. The molecule has 0 aliphatic heterocycles. The maximum absolute atomic E-state index is 13.2. The van der Waals surface area contributed by atoms with Crippen LogP contribution in [0.3, 0.4) is 0 Å². The highest BCUT2D eigenvalue weighted by molar-refractivity contribution is 5.75. The summed E-state index contributed by atoms with van der Waals surface area (Å²) in [5.41, 5.74) is 3.34. The van der Waals surface area contributed by atoms with Crippen LogP contribution in [-0.2, 0) is 0 Å². The number of nitrogens with zero attached hydrogens (tertiary/aromatic N) is 4. The number of halogens is 2. The molecular formula is C19H18F2N8. The van der Waals surface area contributed by atoms with Gasteiger partial charge in [-0.3, -0.25) is 5.10 Å². The highest BCUT2D eigenvalue weighted by Crippen LogP contribution is 2.55. The fourth-order valence-corrected chi connectivity index (χ4v) is 3.25. The number of imidazole rings is 1. The molecule has 0 bridgehead atoms. The Bertz CT molecular complexity index is 1170. The van der Waals surface area contributed by atoms with Crippen molar-refractivity contribution >= 4 is 28.6 Å². The van der Waals surface area contributed by atoms with Crippen LogP contribution in [0.5, 0.6) is 0 Å². The van der Waals surface area contributed by atoms with Crippen molar-refractivity contribution < 1.29 is 8.78 Å². The van der Waals surface area contributed by atoms with E-state index in [1.807, 2.05) is 25.1 Å². The van der Waals surface area contributed by atoms with Crippen molar-refractivity contribution in [1.82, 2.24) is 30.1 Å². The van der Waals surface area contributed by atoms with Crippen LogP contribution in [0.2, 0.25) is 0 Å². The summed E-state index contributed by atoms with van der Waals surface area (Å²) in [7, 11) is 0. The Balaban J connectivity index is 1.28. The van der Waals surface area contributed by atoms with E-state index in [1.165, 1.54) is 0 Å². The molecule has 1 saturated carbocycles. The van der Waals surface area contributed by atoms with Gasteiger partial charge in [0.15, 0.2) is 5.82 Å². The smallest absolute Gasteiger partial charge is 0.257 e. The zero-order valence-electron chi connectivity index (χ0n) is 15.4. The molecule has 10 heteroatoms. The summed E-state index contributed by atoms with van der Waals surface area (Å²) in [6.07, 6.45) is 3.14. The summed E-state index contributed by atoms with van der Waals surface area (Å²) in [6.45, 7) is 2.01. The van der Waals surface area contributed by atoms with Crippen molar-refractivity contribution in [3.05, 3.63) is 54.1 Å². The monoisotopic (exact) mass is 396 g/mol. The first-order chi connectivity index (χ1) is 14.0. The fraction of sp³-hybridized carbons (Fsp3) is 0.263. The Hall–Kier alpha value is -3.56. The molecule has 5 rings (SSSR count). The molecule has 1 aliphatic rings. The second-order valence-electron chi connectivity index (χ2n) is 7.16. The zero-order chi connectivity index (χ0) is 20.0. The minimum Gasteiger partial charge on any atom is -0.348 e. The van der Waals surface area contributed by atoms with Crippen LogP contribution in [0.1, 0.15) is 36.6 Å². The van der Waals surface area contributed by atoms with Crippen LogP contribution < -0.4 is 10.6 Å². The number of hydrogen-bond donors (Lipinski definition) is 4. The summed E-state index contributed by atoms with van der Waals surface area (Å²) in [4.78, 5) is 16.0. The van der Waals surface area contributed by atoms with Crippen LogP contribution in [0.25, 0.3) is 11.0 Å². The zero-order valence-corrected chi connectivity index (χ0v) is 15.4. The van der Waals surface area contributed by atoms with Gasteiger partial charge in [-0.1, -0.05) is 6.07 Å². The Morgan fingerprint density at radius 3 is 2.86 bits per heavy atom. The van der Waals surface area contributed by atoms with Gasteiger partial charge in [0.1, 0.15) is 5.82 Å². The molecule has 2 atom stereocenters. The largest absolute Gasteiger partial charge is 0.348 e. The molecule has 1 aromatic carbocycles. The molecule has 0 unspecified atom stereocenters. The molecule has 0 radical (unpaired) electrons. The molecular weight excluding hydrogens is 378 g/mol. The Morgan fingerprint density at radius 2 is 2.03 bits per heavy atom.